The molecule has 1 aromatic carbocycles. The highest BCUT2D eigenvalue weighted by Gasteiger charge is 2.26. The van der Waals surface area contributed by atoms with Gasteiger partial charge in [-0.05, 0) is 43.0 Å². The molecular weight excluding hydrogens is 260 g/mol. The van der Waals surface area contributed by atoms with Gasteiger partial charge in [0.2, 0.25) is 10.0 Å². The molecule has 0 aliphatic carbocycles. The maximum atomic E-state index is 12.7. The maximum Gasteiger partial charge on any atom is 0.243 e. The number of rotatable bonds is 3. The van der Waals surface area contributed by atoms with Crippen molar-refractivity contribution in [1.29, 1.82) is 0 Å². The van der Waals surface area contributed by atoms with Crippen LogP contribution in [0.1, 0.15) is 23.1 Å². The van der Waals surface area contributed by atoms with Crippen LogP contribution in [0.4, 0.5) is 0 Å². The lowest BCUT2D eigenvalue weighted by Gasteiger charge is -2.24. The van der Waals surface area contributed by atoms with Gasteiger partial charge in [0.05, 0.1) is 4.90 Å². The summed E-state index contributed by atoms with van der Waals surface area (Å²) >= 11 is 0. The molecule has 2 N–H and O–H groups in total. The monoisotopic (exact) mass is 280 g/mol. The first kappa shape index (κ1) is 14.2. The van der Waals surface area contributed by atoms with Crippen molar-refractivity contribution in [3.05, 3.63) is 41.0 Å². The molecule has 0 spiro atoms. The standard InChI is InChI=1S/C14H20N2O2S/c1-11-8-13(10-15)9-14(12(11)2)19(17,18)16-6-4-3-5-7-16/h3-4,8-9H,5-7,10,15H2,1-2H3. The molecule has 4 nitrogen and oxygen atoms in total. The molecule has 5 heteroatoms. The minimum absolute atomic E-state index is 0.351. The van der Waals surface area contributed by atoms with Gasteiger partial charge in [-0.3, -0.25) is 0 Å². The molecule has 0 saturated heterocycles. The van der Waals surface area contributed by atoms with E-state index in [0.29, 0.717) is 24.5 Å². The molecule has 2 rings (SSSR count). The summed E-state index contributed by atoms with van der Waals surface area (Å²) in [5.74, 6) is 0. The summed E-state index contributed by atoms with van der Waals surface area (Å²) in [4.78, 5) is 0.392. The molecule has 0 atom stereocenters. The largest absolute Gasteiger partial charge is 0.326 e. The topological polar surface area (TPSA) is 63.4 Å². The second-order valence-electron chi connectivity index (χ2n) is 4.86. The average molecular weight is 280 g/mol. The van der Waals surface area contributed by atoms with Crippen molar-refractivity contribution in [1.82, 2.24) is 4.31 Å². The number of benzene rings is 1. The number of aryl methyl sites for hydroxylation is 1. The minimum atomic E-state index is -3.42. The second kappa shape index (κ2) is 5.45. The molecular formula is C14H20N2O2S. The van der Waals surface area contributed by atoms with E-state index in [0.717, 1.165) is 23.1 Å². The number of nitrogens with two attached hydrogens (primary N) is 1. The van der Waals surface area contributed by atoms with Gasteiger partial charge in [-0.25, -0.2) is 8.42 Å². The fraction of sp³-hybridized carbons (Fsp3) is 0.429. The molecule has 0 unspecified atom stereocenters. The van der Waals surface area contributed by atoms with E-state index in [2.05, 4.69) is 0 Å². The fourth-order valence-electron chi connectivity index (χ4n) is 2.26. The van der Waals surface area contributed by atoms with E-state index in [1.54, 1.807) is 6.07 Å². The first-order valence-electron chi connectivity index (χ1n) is 6.42. The Kier molecular flexibility index (Phi) is 4.08. The van der Waals surface area contributed by atoms with Crippen LogP contribution in [-0.4, -0.2) is 25.8 Å². The van der Waals surface area contributed by atoms with Crippen LogP contribution in [0.5, 0.6) is 0 Å². The summed E-state index contributed by atoms with van der Waals surface area (Å²) in [5, 5.41) is 0. The van der Waals surface area contributed by atoms with E-state index in [9.17, 15) is 8.42 Å². The van der Waals surface area contributed by atoms with Crippen LogP contribution in [0.15, 0.2) is 29.2 Å². The van der Waals surface area contributed by atoms with Crippen LogP contribution in [-0.2, 0) is 16.6 Å². The Hall–Kier alpha value is -1.17. The Labute approximate surface area is 115 Å². The number of hydrogen-bond acceptors (Lipinski definition) is 3. The number of sulfonamides is 1. The molecule has 0 radical (unpaired) electrons. The van der Waals surface area contributed by atoms with Crippen LogP contribution in [0, 0.1) is 13.8 Å². The minimum Gasteiger partial charge on any atom is -0.326 e. The van der Waals surface area contributed by atoms with Crippen molar-refractivity contribution in [3.8, 4) is 0 Å². The van der Waals surface area contributed by atoms with Crippen LogP contribution in [0.25, 0.3) is 0 Å². The predicted molar refractivity (Wildman–Crippen MR) is 76.3 cm³/mol. The van der Waals surface area contributed by atoms with Crippen molar-refractivity contribution in [3.63, 3.8) is 0 Å². The Morgan fingerprint density at radius 3 is 2.58 bits per heavy atom. The third kappa shape index (κ3) is 2.73. The quantitative estimate of drug-likeness (QED) is 0.857. The third-order valence-electron chi connectivity index (χ3n) is 3.55. The Morgan fingerprint density at radius 1 is 1.26 bits per heavy atom. The molecule has 1 aliphatic rings. The van der Waals surface area contributed by atoms with Gasteiger partial charge in [-0.2, -0.15) is 4.31 Å². The first-order valence-corrected chi connectivity index (χ1v) is 7.86. The molecule has 19 heavy (non-hydrogen) atoms. The van der Waals surface area contributed by atoms with E-state index in [1.165, 1.54) is 4.31 Å². The highest BCUT2D eigenvalue weighted by Crippen LogP contribution is 2.25. The summed E-state index contributed by atoms with van der Waals surface area (Å²) in [6, 6.07) is 3.65. The van der Waals surface area contributed by atoms with Gasteiger partial charge in [0.1, 0.15) is 0 Å². The van der Waals surface area contributed by atoms with Crippen molar-refractivity contribution in [2.45, 2.75) is 31.7 Å². The lowest BCUT2D eigenvalue weighted by Crippen LogP contribution is -2.34. The average Bonchev–Trinajstić information content (AvgIpc) is 2.42. The zero-order valence-electron chi connectivity index (χ0n) is 11.4. The van der Waals surface area contributed by atoms with E-state index in [1.807, 2.05) is 32.1 Å². The highest BCUT2D eigenvalue weighted by molar-refractivity contribution is 7.89. The summed E-state index contributed by atoms with van der Waals surface area (Å²) in [6.45, 7) is 5.12. The SMILES string of the molecule is Cc1cc(CN)cc(S(=O)(=O)N2CC=CCC2)c1C. The fourth-order valence-corrected chi connectivity index (χ4v) is 4.02. The molecule has 0 saturated carbocycles. The third-order valence-corrected chi connectivity index (χ3v) is 5.55. The molecule has 104 valence electrons. The Morgan fingerprint density at radius 2 is 2.00 bits per heavy atom. The predicted octanol–water partition coefficient (Wildman–Crippen LogP) is 1.71. The molecule has 0 bridgehead atoms. The zero-order chi connectivity index (χ0) is 14.0. The summed E-state index contributed by atoms with van der Waals surface area (Å²) in [7, 11) is -3.42. The van der Waals surface area contributed by atoms with E-state index in [4.69, 9.17) is 5.73 Å². The Balaban J connectivity index is 2.50. The van der Waals surface area contributed by atoms with Crippen LogP contribution in [0.2, 0.25) is 0 Å². The highest BCUT2D eigenvalue weighted by atomic mass is 32.2. The number of nitrogens with zero attached hydrogens (tertiary/aromatic N) is 1. The zero-order valence-corrected chi connectivity index (χ0v) is 12.2. The van der Waals surface area contributed by atoms with Crippen molar-refractivity contribution in [2.75, 3.05) is 13.1 Å². The van der Waals surface area contributed by atoms with Crippen LogP contribution < -0.4 is 5.73 Å². The summed E-state index contributed by atoms with van der Waals surface area (Å²) < 4.78 is 26.9. The first-order chi connectivity index (χ1) is 8.96. The molecule has 1 aromatic rings. The van der Waals surface area contributed by atoms with E-state index >= 15 is 0 Å². The van der Waals surface area contributed by atoms with Crippen LogP contribution >= 0.6 is 0 Å². The smallest absolute Gasteiger partial charge is 0.243 e. The van der Waals surface area contributed by atoms with Gasteiger partial charge in [-0.15, -0.1) is 0 Å². The van der Waals surface area contributed by atoms with Gasteiger partial charge >= 0.3 is 0 Å². The molecule has 0 aromatic heterocycles. The lowest BCUT2D eigenvalue weighted by molar-refractivity contribution is 0.437. The number of hydrogen-bond donors (Lipinski definition) is 1. The molecule has 0 fully saturated rings. The van der Waals surface area contributed by atoms with Crippen molar-refractivity contribution >= 4 is 10.0 Å². The molecule has 1 heterocycles. The molecule has 1 aliphatic heterocycles. The van der Waals surface area contributed by atoms with Gasteiger partial charge < -0.3 is 5.73 Å². The second-order valence-corrected chi connectivity index (χ2v) is 6.77. The molecule has 0 amide bonds. The van der Waals surface area contributed by atoms with Gasteiger partial charge in [0, 0.05) is 19.6 Å². The Bertz CT molecular complexity index is 606. The van der Waals surface area contributed by atoms with Gasteiger partial charge in [-0.1, -0.05) is 18.2 Å². The summed E-state index contributed by atoms with van der Waals surface area (Å²) in [5.41, 5.74) is 8.27. The van der Waals surface area contributed by atoms with Gasteiger partial charge in [0.15, 0.2) is 0 Å². The van der Waals surface area contributed by atoms with E-state index < -0.39 is 10.0 Å². The normalized spacial score (nSPS) is 16.8. The van der Waals surface area contributed by atoms with Gasteiger partial charge in [0.25, 0.3) is 0 Å². The van der Waals surface area contributed by atoms with Crippen molar-refractivity contribution < 1.29 is 8.42 Å². The van der Waals surface area contributed by atoms with E-state index in [-0.39, 0.29) is 0 Å². The maximum absolute atomic E-state index is 12.7. The van der Waals surface area contributed by atoms with Crippen LogP contribution in [0.3, 0.4) is 0 Å². The summed E-state index contributed by atoms with van der Waals surface area (Å²) in [6.07, 6.45) is 4.68. The lowest BCUT2D eigenvalue weighted by atomic mass is 10.1. The van der Waals surface area contributed by atoms with Crippen molar-refractivity contribution in [2.24, 2.45) is 5.73 Å².